The predicted molar refractivity (Wildman–Crippen MR) is 118 cm³/mol. The summed E-state index contributed by atoms with van der Waals surface area (Å²) in [6.45, 7) is 2.61. The minimum atomic E-state index is -4.61. The third kappa shape index (κ3) is 6.00. The number of piperazine rings is 1. The third-order valence-electron chi connectivity index (χ3n) is 6.70. The molecule has 2 aliphatic rings. The highest BCUT2D eigenvalue weighted by molar-refractivity contribution is 7.89. The molecule has 1 saturated carbocycles. The van der Waals surface area contributed by atoms with Gasteiger partial charge in [0.05, 0.1) is 21.9 Å². The molecule has 2 fully saturated rings. The van der Waals surface area contributed by atoms with Crippen LogP contribution in [0.2, 0.25) is 5.02 Å². The molecule has 3 rings (SSSR count). The molecule has 34 heavy (non-hydrogen) atoms. The number of benzene rings is 1. The second kappa shape index (κ2) is 9.87. The van der Waals surface area contributed by atoms with E-state index in [0.29, 0.717) is 19.2 Å². The number of halogens is 6. The summed E-state index contributed by atoms with van der Waals surface area (Å²) in [6, 6.07) is 2.41. The number of amides is 1. The van der Waals surface area contributed by atoms with E-state index < -0.39 is 39.1 Å². The fraction of sp³-hybridized carbons (Fsp3) is 0.667. The van der Waals surface area contributed by atoms with Crippen molar-refractivity contribution in [3.05, 3.63) is 34.3 Å². The van der Waals surface area contributed by atoms with Crippen LogP contribution in [0.4, 0.5) is 22.0 Å². The second-order valence-electron chi connectivity index (χ2n) is 8.74. The lowest BCUT2D eigenvalue weighted by atomic mass is 9.78. The summed E-state index contributed by atoms with van der Waals surface area (Å²) in [5.74, 6) is -3.56. The largest absolute Gasteiger partial charge is 0.416 e. The number of carbonyl (C=O) groups is 1. The molecule has 0 radical (unpaired) electrons. The number of hydrogen-bond donors (Lipinski definition) is 1. The van der Waals surface area contributed by atoms with Crippen LogP contribution in [0.15, 0.2) is 18.2 Å². The Morgan fingerprint density at radius 2 is 1.68 bits per heavy atom. The lowest BCUT2D eigenvalue weighted by Gasteiger charge is -2.50. The van der Waals surface area contributed by atoms with Crippen molar-refractivity contribution in [2.24, 2.45) is 0 Å². The summed E-state index contributed by atoms with van der Waals surface area (Å²) in [5.41, 5.74) is -1.96. The first kappa shape index (κ1) is 27.1. The van der Waals surface area contributed by atoms with E-state index in [-0.39, 0.29) is 61.7 Å². The molecule has 6 nitrogen and oxygen atoms in total. The molecule has 0 spiro atoms. The molecule has 0 aromatic heterocycles. The molecule has 1 aliphatic carbocycles. The summed E-state index contributed by atoms with van der Waals surface area (Å²) in [6.07, 6.45) is -5.19. The van der Waals surface area contributed by atoms with E-state index >= 15 is 0 Å². The Bertz CT molecular complexity index is 1000. The van der Waals surface area contributed by atoms with E-state index in [1.54, 1.807) is 6.92 Å². The molecular weight excluding hydrogens is 505 g/mol. The van der Waals surface area contributed by atoms with Crippen LogP contribution in [0.25, 0.3) is 0 Å². The van der Waals surface area contributed by atoms with Gasteiger partial charge in [0.25, 0.3) is 5.91 Å². The molecule has 1 aromatic carbocycles. The van der Waals surface area contributed by atoms with Gasteiger partial charge < -0.3 is 5.32 Å². The number of rotatable bonds is 6. The van der Waals surface area contributed by atoms with Crippen molar-refractivity contribution in [1.82, 2.24) is 14.5 Å². The Morgan fingerprint density at radius 1 is 1.09 bits per heavy atom. The molecule has 0 atom stereocenters. The first-order chi connectivity index (χ1) is 15.7. The van der Waals surface area contributed by atoms with Crippen molar-refractivity contribution in [1.29, 1.82) is 0 Å². The SMILES string of the molecule is CCS(=O)(=O)N1CCN(C2(CNC(=O)c3ccc(C(F)(F)F)cc3Cl)CCC(F)(F)CC2)CC1. The van der Waals surface area contributed by atoms with Crippen molar-refractivity contribution in [3.63, 3.8) is 0 Å². The van der Waals surface area contributed by atoms with Gasteiger partial charge in [-0.05, 0) is 38.0 Å². The average Bonchev–Trinajstić information content (AvgIpc) is 2.78. The molecule has 0 bridgehead atoms. The lowest BCUT2D eigenvalue weighted by Crippen LogP contribution is -2.63. The fourth-order valence-corrected chi connectivity index (χ4v) is 5.88. The van der Waals surface area contributed by atoms with E-state index in [4.69, 9.17) is 11.6 Å². The maximum absolute atomic E-state index is 13.9. The van der Waals surface area contributed by atoms with Crippen molar-refractivity contribution in [2.45, 2.75) is 50.2 Å². The summed E-state index contributed by atoms with van der Waals surface area (Å²) < 4.78 is 92.1. The van der Waals surface area contributed by atoms with Gasteiger partial charge in [0.1, 0.15) is 0 Å². The van der Waals surface area contributed by atoms with Gasteiger partial charge in [-0.3, -0.25) is 9.69 Å². The topological polar surface area (TPSA) is 69.7 Å². The first-order valence-corrected chi connectivity index (χ1v) is 12.9. The number of sulfonamides is 1. The van der Waals surface area contributed by atoms with Crippen LogP contribution in [-0.2, 0) is 16.2 Å². The van der Waals surface area contributed by atoms with Crippen LogP contribution in [0, 0.1) is 0 Å². The Balaban J connectivity index is 1.74. The fourth-order valence-electron chi connectivity index (χ4n) is 4.52. The van der Waals surface area contributed by atoms with Gasteiger partial charge >= 0.3 is 6.18 Å². The van der Waals surface area contributed by atoms with Gasteiger partial charge in [0, 0.05) is 51.1 Å². The van der Waals surface area contributed by atoms with Gasteiger partial charge in [-0.2, -0.15) is 17.5 Å². The Kier molecular flexibility index (Phi) is 7.86. The molecule has 0 unspecified atom stereocenters. The number of alkyl halides is 5. The molecule has 1 aliphatic heterocycles. The van der Waals surface area contributed by atoms with Gasteiger partial charge in [0.15, 0.2) is 0 Å². The zero-order valence-corrected chi connectivity index (χ0v) is 20.2. The summed E-state index contributed by atoms with van der Waals surface area (Å²) in [5, 5.41) is 2.30. The Hall–Kier alpha value is -1.50. The van der Waals surface area contributed by atoms with Crippen molar-refractivity contribution in [3.8, 4) is 0 Å². The molecule has 1 amide bonds. The number of hydrogen-bond acceptors (Lipinski definition) is 4. The lowest BCUT2D eigenvalue weighted by molar-refractivity contribution is -0.137. The highest BCUT2D eigenvalue weighted by atomic mass is 35.5. The van der Waals surface area contributed by atoms with Crippen molar-refractivity contribution < 1.29 is 35.2 Å². The molecule has 1 aromatic rings. The smallest absolute Gasteiger partial charge is 0.350 e. The van der Waals surface area contributed by atoms with Gasteiger partial charge in [0.2, 0.25) is 15.9 Å². The van der Waals surface area contributed by atoms with Crippen molar-refractivity contribution in [2.75, 3.05) is 38.5 Å². The van der Waals surface area contributed by atoms with Crippen LogP contribution in [0.5, 0.6) is 0 Å². The molecular formula is C21H27ClF5N3O3S. The zero-order valence-electron chi connectivity index (χ0n) is 18.6. The van der Waals surface area contributed by atoms with Gasteiger partial charge in [-0.15, -0.1) is 0 Å². The molecule has 1 heterocycles. The number of nitrogens with zero attached hydrogens (tertiary/aromatic N) is 2. The summed E-state index contributed by atoms with van der Waals surface area (Å²) >= 11 is 5.91. The highest BCUT2D eigenvalue weighted by Crippen LogP contribution is 2.42. The summed E-state index contributed by atoms with van der Waals surface area (Å²) in [7, 11) is -3.37. The Morgan fingerprint density at radius 3 is 2.18 bits per heavy atom. The number of nitrogens with one attached hydrogen (secondary N) is 1. The van der Waals surface area contributed by atoms with Crippen LogP contribution in [-0.4, -0.2) is 73.5 Å². The molecule has 13 heteroatoms. The van der Waals surface area contributed by atoms with Crippen LogP contribution >= 0.6 is 11.6 Å². The van der Waals surface area contributed by atoms with E-state index in [0.717, 1.165) is 12.1 Å². The average molecular weight is 532 g/mol. The van der Waals surface area contributed by atoms with E-state index in [1.165, 1.54) is 4.31 Å². The first-order valence-electron chi connectivity index (χ1n) is 10.9. The second-order valence-corrected chi connectivity index (χ2v) is 11.4. The maximum Gasteiger partial charge on any atom is 0.416 e. The highest BCUT2D eigenvalue weighted by Gasteiger charge is 2.47. The van der Waals surface area contributed by atoms with Crippen LogP contribution in [0.1, 0.15) is 48.5 Å². The van der Waals surface area contributed by atoms with Crippen LogP contribution < -0.4 is 5.32 Å². The van der Waals surface area contributed by atoms with E-state index in [1.807, 2.05) is 4.90 Å². The molecule has 1 saturated heterocycles. The maximum atomic E-state index is 13.9. The minimum absolute atomic E-state index is 0.0141. The van der Waals surface area contributed by atoms with Gasteiger partial charge in [-0.1, -0.05) is 11.6 Å². The predicted octanol–water partition coefficient (Wildman–Crippen LogP) is 4.00. The summed E-state index contributed by atoms with van der Waals surface area (Å²) in [4.78, 5) is 14.7. The monoisotopic (exact) mass is 531 g/mol. The number of carbonyl (C=O) groups excluding carboxylic acids is 1. The zero-order chi connectivity index (χ0) is 25.4. The van der Waals surface area contributed by atoms with Gasteiger partial charge in [-0.25, -0.2) is 17.2 Å². The molecule has 192 valence electrons. The third-order valence-corrected chi connectivity index (χ3v) is 8.89. The standard InChI is InChI=1S/C21H27ClF5N3O3S/c1-2-34(32,33)30-11-9-29(10-12-30)19(5-7-20(23,24)8-6-19)14-28-18(31)16-4-3-15(13-17(16)22)21(25,26)27/h3-4,13H,2,5-12,14H2,1H3,(H,28,31). The van der Waals surface area contributed by atoms with E-state index in [9.17, 15) is 35.2 Å². The van der Waals surface area contributed by atoms with Crippen LogP contribution in [0.3, 0.4) is 0 Å². The Labute approximate surface area is 200 Å². The minimum Gasteiger partial charge on any atom is -0.350 e. The quantitative estimate of drug-likeness (QED) is 0.563. The van der Waals surface area contributed by atoms with Crippen molar-refractivity contribution >= 4 is 27.5 Å². The normalized spacial score (nSPS) is 21.9. The molecule has 1 N–H and O–H groups in total. The van der Waals surface area contributed by atoms with E-state index in [2.05, 4.69) is 5.32 Å².